The van der Waals surface area contributed by atoms with Crippen molar-refractivity contribution < 1.29 is 62.3 Å². The molecule has 428 valence electrons. The van der Waals surface area contributed by atoms with Gasteiger partial charge >= 0.3 is 35.8 Å². The third-order valence-electron chi connectivity index (χ3n) is 24.2. The highest BCUT2D eigenvalue weighted by Crippen LogP contribution is 2.64. The van der Waals surface area contributed by atoms with Crippen molar-refractivity contribution in [2.24, 2.45) is 105 Å². The minimum absolute atomic E-state index is 0.0152. The maximum atomic E-state index is 15.5. The Kier molecular flexibility index (Phi) is 13.2. The summed E-state index contributed by atoms with van der Waals surface area (Å²) in [5, 5.41) is 11.6. The maximum absolute atomic E-state index is 15.5. The highest BCUT2D eigenvalue weighted by Gasteiger charge is 2.66. The van der Waals surface area contributed by atoms with E-state index in [0.29, 0.717) is 61.7 Å². The summed E-state index contributed by atoms with van der Waals surface area (Å²) in [6.07, 6.45) is 16.7. The Morgan fingerprint density at radius 1 is 0.675 bits per heavy atom. The number of carbonyl (C=O) groups excluding carboxylic acids is 6. The first-order valence-electron chi connectivity index (χ1n) is 31.1. The van der Waals surface area contributed by atoms with Gasteiger partial charge in [0, 0.05) is 24.7 Å². The first kappa shape index (κ1) is 54.4. The predicted octanol–water partition coefficient (Wildman–Crippen LogP) is 11.2. The van der Waals surface area contributed by atoms with E-state index in [0.717, 1.165) is 70.6 Å². The van der Waals surface area contributed by atoms with Crippen molar-refractivity contribution >= 4 is 35.8 Å². The Balaban J connectivity index is 0.829. The molecule has 0 aromatic heterocycles. The summed E-state index contributed by atoms with van der Waals surface area (Å²) >= 11 is 0. The number of ether oxygens (including phenoxy) is 6. The smallest absolute Gasteiger partial charge is 0.312 e. The van der Waals surface area contributed by atoms with E-state index in [1.807, 2.05) is 27.7 Å². The van der Waals surface area contributed by atoms with Crippen LogP contribution in [0.25, 0.3) is 0 Å². The summed E-state index contributed by atoms with van der Waals surface area (Å²) in [5.41, 5.74) is -7.73. The van der Waals surface area contributed by atoms with E-state index in [-0.39, 0.29) is 97.5 Å². The van der Waals surface area contributed by atoms with E-state index < -0.39 is 80.1 Å². The van der Waals surface area contributed by atoms with Crippen LogP contribution in [-0.4, -0.2) is 82.1 Å². The van der Waals surface area contributed by atoms with Crippen LogP contribution < -0.4 is 0 Å². The van der Waals surface area contributed by atoms with Crippen LogP contribution >= 0.6 is 0 Å². The van der Waals surface area contributed by atoms with Crippen molar-refractivity contribution in [3.05, 3.63) is 0 Å². The minimum Gasteiger partial charge on any atom is -0.465 e. The molecule has 1 saturated heterocycles. The van der Waals surface area contributed by atoms with Crippen LogP contribution in [0.4, 0.5) is 0 Å². The van der Waals surface area contributed by atoms with Gasteiger partial charge in [0.2, 0.25) is 0 Å². The zero-order valence-electron chi connectivity index (χ0n) is 48.3. The van der Waals surface area contributed by atoms with Gasteiger partial charge in [-0.25, -0.2) is 0 Å². The number of hydrogen-bond donors (Lipinski definition) is 1. The average molecular weight is 1070 g/mol. The van der Waals surface area contributed by atoms with E-state index >= 15 is 14.4 Å². The number of esters is 6. The molecule has 0 radical (unpaired) electrons. The fraction of sp³-hybridized carbons (Fsp3) is 0.906. The van der Waals surface area contributed by atoms with Crippen LogP contribution in [0.2, 0.25) is 0 Å². The maximum Gasteiger partial charge on any atom is 0.312 e. The van der Waals surface area contributed by atoms with E-state index in [2.05, 4.69) is 13.8 Å². The van der Waals surface area contributed by atoms with Crippen LogP contribution in [0.1, 0.15) is 216 Å². The molecule has 0 aromatic carbocycles. The van der Waals surface area contributed by atoms with Crippen molar-refractivity contribution in [1.29, 1.82) is 0 Å². The van der Waals surface area contributed by atoms with Gasteiger partial charge in [0.15, 0.2) is 0 Å². The molecule has 0 aromatic rings. The third kappa shape index (κ3) is 9.42. The van der Waals surface area contributed by atoms with Gasteiger partial charge in [0.1, 0.15) is 29.0 Å². The minimum atomic E-state index is -1.52. The van der Waals surface area contributed by atoms with E-state index in [1.54, 1.807) is 20.8 Å². The van der Waals surface area contributed by atoms with E-state index in [4.69, 9.17) is 28.4 Å². The highest BCUT2D eigenvalue weighted by molar-refractivity contribution is 5.84. The lowest BCUT2D eigenvalue weighted by Gasteiger charge is -2.62. The molecule has 10 atom stereocenters. The molecule has 1 heterocycles. The Bertz CT molecular complexity index is 2320. The van der Waals surface area contributed by atoms with Gasteiger partial charge in [-0.2, -0.15) is 0 Å². The second-order valence-corrected chi connectivity index (χ2v) is 31.6. The molecular formula is C64H94O13. The lowest BCUT2D eigenvalue weighted by molar-refractivity contribution is -0.233. The molecule has 15 rings (SSSR count). The molecule has 13 heteroatoms. The van der Waals surface area contributed by atoms with Gasteiger partial charge in [-0.05, 0) is 242 Å². The largest absolute Gasteiger partial charge is 0.465 e. The van der Waals surface area contributed by atoms with E-state index in [9.17, 15) is 19.5 Å². The first-order valence-corrected chi connectivity index (χ1v) is 31.1. The summed E-state index contributed by atoms with van der Waals surface area (Å²) in [7, 11) is 0. The fourth-order valence-electron chi connectivity index (χ4n) is 21.6. The summed E-state index contributed by atoms with van der Waals surface area (Å²) in [6, 6.07) is 0. The molecule has 14 aliphatic carbocycles. The van der Waals surface area contributed by atoms with Gasteiger partial charge < -0.3 is 33.5 Å². The first-order chi connectivity index (χ1) is 36.1. The molecule has 13 nitrogen and oxygen atoms in total. The van der Waals surface area contributed by atoms with Crippen LogP contribution in [-0.2, 0) is 57.2 Å². The normalized spacial score (nSPS) is 44.2. The average Bonchev–Trinajstić information content (AvgIpc) is 4.02. The summed E-state index contributed by atoms with van der Waals surface area (Å²) < 4.78 is 38.9. The number of fused-ring (bicyclic) bond motifs is 1. The Morgan fingerprint density at radius 3 is 1.82 bits per heavy atom. The predicted molar refractivity (Wildman–Crippen MR) is 283 cm³/mol. The molecule has 0 amide bonds. The van der Waals surface area contributed by atoms with Crippen molar-refractivity contribution in [1.82, 2.24) is 0 Å². The Hall–Kier alpha value is -3.22. The fourth-order valence-corrected chi connectivity index (χ4v) is 21.6. The standard InChI is InChI=1S/C64H94O13/c1-10-59(8,55(69)77-64(35(2)3)45-18-36-13-37(20-45)21-46(64)19-36)31-44(51(65)75-58(6,7)11-12-72-56(70)61-24-38-14-39(25-61)16-40(15-38)26-61)32-60(9,54(68)74-49-43-22-47-48(23-43)52(66)73-50(47)49)33-57(4,5)53(67)76-63-29-41-17-42(30-63)28-62(71,27-41)34-63/h35-50,71H,10-34H2,1-9H3. The topological polar surface area (TPSA) is 178 Å². The van der Waals surface area contributed by atoms with Crippen LogP contribution in [0.3, 0.4) is 0 Å². The van der Waals surface area contributed by atoms with Crippen LogP contribution in [0.15, 0.2) is 0 Å². The number of rotatable bonds is 20. The number of hydrogen-bond acceptors (Lipinski definition) is 13. The molecule has 14 saturated carbocycles. The molecule has 10 unspecified atom stereocenters. The van der Waals surface area contributed by atoms with Crippen LogP contribution in [0.5, 0.6) is 0 Å². The van der Waals surface area contributed by atoms with Gasteiger partial charge in [0.25, 0.3) is 0 Å². The van der Waals surface area contributed by atoms with Crippen molar-refractivity contribution in [3.63, 3.8) is 0 Å². The zero-order chi connectivity index (χ0) is 54.6. The zero-order valence-corrected chi connectivity index (χ0v) is 48.3. The molecule has 1 aliphatic heterocycles. The van der Waals surface area contributed by atoms with Crippen molar-refractivity contribution in [2.75, 3.05) is 6.61 Å². The van der Waals surface area contributed by atoms with Gasteiger partial charge in [-0.1, -0.05) is 20.8 Å². The lowest BCUT2D eigenvalue weighted by Crippen LogP contribution is -2.63. The summed E-state index contributed by atoms with van der Waals surface area (Å²) in [6.45, 7) is 17.3. The molecule has 77 heavy (non-hydrogen) atoms. The van der Waals surface area contributed by atoms with Crippen molar-refractivity contribution in [2.45, 2.75) is 251 Å². The molecule has 15 fully saturated rings. The van der Waals surface area contributed by atoms with E-state index in [1.165, 1.54) is 25.7 Å². The van der Waals surface area contributed by atoms with Gasteiger partial charge in [-0.15, -0.1) is 0 Å². The molecule has 0 spiro atoms. The monoisotopic (exact) mass is 1070 g/mol. The van der Waals surface area contributed by atoms with Crippen LogP contribution in [0, 0.1) is 105 Å². The Morgan fingerprint density at radius 2 is 1.25 bits per heavy atom. The number of aliphatic hydroxyl groups is 1. The summed E-state index contributed by atoms with van der Waals surface area (Å²) in [5.74, 6) is 0.688. The third-order valence-corrected chi connectivity index (χ3v) is 24.2. The SMILES string of the molecule is CCC(C)(CC(CC(C)(CC(C)(C)C(=O)OC12CC3CC(CC(O)(C3)C1)C2)C(=O)OC1C2CC3C(=O)OC1C3C2)C(=O)OC(C)(C)CCOC(=O)C12CC3CC(CC(C3)C1)C2)C(=O)OC1(C(C)C)C2CC3CC(C2)CC1C3. The Labute approximate surface area is 458 Å². The molecule has 15 aliphatic rings. The molecular weight excluding hydrogens is 977 g/mol. The quantitative estimate of drug-likeness (QED) is 0.0900. The lowest BCUT2D eigenvalue weighted by atomic mass is 9.47. The highest BCUT2D eigenvalue weighted by atomic mass is 16.6. The second-order valence-electron chi connectivity index (χ2n) is 31.6. The van der Waals surface area contributed by atoms with Gasteiger partial charge in [-0.3, -0.25) is 28.8 Å². The molecule has 1 N–H and O–H groups in total. The van der Waals surface area contributed by atoms with Gasteiger partial charge in [0.05, 0.1) is 45.7 Å². The summed E-state index contributed by atoms with van der Waals surface area (Å²) in [4.78, 5) is 88.3. The number of carbonyl (C=O) groups is 6. The van der Waals surface area contributed by atoms with Crippen molar-refractivity contribution in [3.8, 4) is 0 Å². The molecule has 14 bridgehead atoms. The second kappa shape index (κ2) is 18.7.